The molecule has 1 aromatic heterocycles. The van der Waals surface area contributed by atoms with Gasteiger partial charge in [0.1, 0.15) is 18.1 Å². The van der Waals surface area contributed by atoms with E-state index in [9.17, 15) is 18.0 Å². The van der Waals surface area contributed by atoms with Crippen LogP contribution in [0.3, 0.4) is 0 Å². The summed E-state index contributed by atoms with van der Waals surface area (Å²) in [5.41, 5.74) is -0.993. The normalized spacial score (nSPS) is 11.4. The van der Waals surface area contributed by atoms with Gasteiger partial charge in [-0.15, -0.1) is 0 Å². The zero-order valence-electron chi connectivity index (χ0n) is 13.1. The van der Waals surface area contributed by atoms with Crippen LogP contribution in [0.4, 0.5) is 18.9 Å². The molecule has 2 rings (SSSR count). The van der Waals surface area contributed by atoms with Gasteiger partial charge in [-0.05, 0) is 37.3 Å². The van der Waals surface area contributed by atoms with Crippen molar-refractivity contribution < 1.29 is 31.9 Å². The molecule has 0 aliphatic rings. The first-order valence-electron chi connectivity index (χ1n) is 7.02. The van der Waals surface area contributed by atoms with E-state index in [4.69, 9.17) is 13.9 Å². The summed E-state index contributed by atoms with van der Waals surface area (Å²) in [5, 5.41) is 2.38. The van der Waals surface area contributed by atoms with E-state index in [1.807, 2.05) is 0 Å². The molecule has 0 atom stereocenters. The van der Waals surface area contributed by atoms with Gasteiger partial charge in [-0.3, -0.25) is 4.79 Å². The lowest BCUT2D eigenvalue weighted by Gasteiger charge is -2.15. The van der Waals surface area contributed by atoms with Crippen molar-refractivity contribution in [2.75, 3.05) is 25.6 Å². The second-order valence-corrected chi connectivity index (χ2v) is 4.91. The topological polar surface area (TPSA) is 60.7 Å². The molecule has 0 bridgehead atoms. The third kappa shape index (κ3) is 4.51. The van der Waals surface area contributed by atoms with Crippen LogP contribution in [0.1, 0.15) is 21.9 Å². The molecule has 0 radical (unpaired) electrons. The van der Waals surface area contributed by atoms with Crippen molar-refractivity contribution >= 4 is 11.6 Å². The van der Waals surface area contributed by atoms with Crippen molar-refractivity contribution in [2.45, 2.75) is 13.1 Å². The number of hydrogen-bond donors (Lipinski definition) is 1. The van der Waals surface area contributed by atoms with Gasteiger partial charge < -0.3 is 19.2 Å². The van der Waals surface area contributed by atoms with E-state index in [2.05, 4.69) is 5.32 Å². The first-order valence-corrected chi connectivity index (χ1v) is 7.02. The number of benzene rings is 1. The molecule has 1 heterocycles. The Balaban J connectivity index is 2.27. The Kier molecular flexibility index (Phi) is 5.50. The molecule has 0 saturated carbocycles. The van der Waals surface area contributed by atoms with Gasteiger partial charge in [0.05, 0.1) is 17.9 Å². The number of carbonyl (C=O) groups excluding carboxylic acids is 1. The molecule has 0 unspecified atom stereocenters. The van der Waals surface area contributed by atoms with Crippen LogP contribution in [0.2, 0.25) is 0 Å². The zero-order chi connectivity index (χ0) is 17.7. The number of methoxy groups -OCH3 is 1. The van der Waals surface area contributed by atoms with Gasteiger partial charge in [-0.25, -0.2) is 0 Å². The smallest absolute Gasteiger partial charge is 0.416 e. The SMILES string of the molecule is COCCOc1ccc(C(F)(F)F)cc1NC(=O)c1ccc(C)o1. The molecule has 1 amide bonds. The maximum atomic E-state index is 12.9. The number of carbonyl (C=O) groups is 1. The van der Waals surface area contributed by atoms with Gasteiger partial charge in [-0.2, -0.15) is 13.2 Å². The third-order valence-corrected chi connectivity index (χ3v) is 3.06. The molecular formula is C16H16F3NO4. The monoisotopic (exact) mass is 343 g/mol. The largest absolute Gasteiger partial charge is 0.489 e. The number of nitrogens with one attached hydrogen (secondary N) is 1. The van der Waals surface area contributed by atoms with E-state index in [0.29, 0.717) is 5.76 Å². The highest BCUT2D eigenvalue weighted by Crippen LogP contribution is 2.35. The number of ether oxygens (including phenoxy) is 2. The van der Waals surface area contributed by atoms with Gasteiger partial charge >= 0.3 is 6.18 Å². The standard InChI is InChI=1S/C16H16F3NO4/c1-10-3-5-14(24-10)15(21)20-12-9-11(16(17,18)19)4-6-13(12)23-8-7-22-2/h3-6,9H,7-8H2,1-2H3,(H,20,21). The quantitative estimate of drug-likeness (QED) is 0.809. The maximum absolute atomic E-state index is 12.9. The zero-order valence-corrected chi connectivity index (χ0v) is 13.1. The van der Waals surface area contributed by atoms with Gasteiger partial charge in [0.25, 0.3) is 5.91 Å². The van der Waals surface area contributed by atoms with Crippen LogP contribution in [0.15, 0.2) is 34.7 Å². The van der Waals surface area contributed by atoms with Crippen molar-refractivity contribution in [3.63, 3.8) is 0 Å². The molecule has 8 heteroatoms. The van der Waals surface area contributed by atoms with Crippen LogP contribution in [0.25, 0.3) is 0 Å². The molecule has 5 nitrogen and oxygen atoms in total. The van der Waals surface area contributed by atoms with E-state index in [0.717, 1.165) is 18.2 Å². The van der Waals surface area contributed by atoms with E-state index >= 15 is 0 Å². The molecule has 0 aliphatic heterocycles. The number of alkyl halides is 3. The summed E-state index contributed by atoms with van der Waals surface area (Å²) in [4.78, 5) is 12.1. The minimum Gasteiger partial charge on any atom is -0.489 e. The molecule has 0 aliphatic carbocycles. The van der Waals surface area contributed by atoms with E-state index in [1.54, 1.807) is 13.0 Å². The van der Waals surface area contributed by atoms with Crippen molar-refractivity contribution in [1.29, 1.82) is 0 Å². The summed E-state index contributed by atoms with van der Waals surface area (Å²) in [7, 11) is 1.47. The Bertz CT molecular complexity index is 710. The fourth-order valence-corrected chi connectivity index (χ4v) is 1.91. The predicted molar refractivity (Wildman–Crippen MR) is 80.2 cm³/mol. The second kappa shape index (κ2) is 7.39. The average molecular weight is 343 g/mol. The second-order valence-electron chi connectivity index (χ2n) is 4.91. The van der Waals surface area contributed by atoms with Crippen molar-refractivity contribution in [3.8, 4) is 5.75 Å². The number of anilines is 1. The fourth-order valence-electron chi connectivity index (χ4n) is 1.91. The Morgan fingerprint density at radius 2 is 1.96 bits per heavy atom. The molecule has 0 saturated heterocycles. The lowest BCUT2D eigenvalue weighted by atomic mass is 10.1. The molecule has 0 fully saturated rings. The van der Waals surface area contributed by atoms with E-state index in [1.165, 1.54) is 13.2 Å². The molecule has 0 spiro atoms. The van der Waals surface area contributed by atoms with Gasteiger partial charge in [-0.1, -0.05) is 0 Å². The first kappa shape index (κ1) is 17.9. The Morgan fingerprint density at radius 3 is 2.54 bits per heavy atom. The molecule has 1 aromatic carbocycles. The summed E-state index contributed by atoms with van der Waals surface area (Å²) >= 11 is 0. The summed E-state index contributed by atoms with van der Waals surface area (Å²) in [6, 6.07) is 5.87. The number of aryl methyl sites for hydroxylation is 1. The lowest BCUT2D eigenvalue weighted by molar-refractivity contribution is -0.137. The van der Waals surface area contributed by atoms with Gasteiger partial charge in [0, 0.05) is 7.11 Å². The van der Waals surface area contributed by atoms with Crippen molar-refractivity contribution in [1.82, 2.24) is 0 Å². The minimum absolute atomic E-state index is 0.00671. The van der Waals surface area contributed by atoms with Crippen molar-refractivity contribution in [3.05, 3.63) is 47.4 Å². The van der Waals surface area contributed by atoms with Gasteiger partial charge in [0.2, 0.25) is 0 Å². The number of amides is 1. The highest BCUT2D eigenvalue weighted by Gasteiger charge is 2.31. The Morgan fingerprint density at radius 1 is 1.21 bits per heavy atom. The van der Waals surface area contributed by atoms with Crippen LogP contribution in [-0.4, -0.2) is 26.2 Å². The summed E-state index contributed by atoms with van der Waals surface area (Å²) in [6.07, 6.45) is -4.54. The van der Waals surface area contributed by atoms with E-state index in [-0.39, 0.29) is 30.4 Å². The van der Waals surface area contributed by atoms with E-state index < -0.39 is 17.6 Å². The number of rotatable bonds is 6. The molecule has 1 N–H and O–H groups in total. The predicted octanol–water partition coefficient (Wildman–Crippen LogP) is 3.88. The lowest BCUT2D eigenvalue weighted by Crippen LogP contribution is -2.15. The van der Waals surface area contributed by atoms with Gasteiger partial charge in [0.15, 0.2) is 5.76 Å². The number of hydrogen-bond acceptors (Lipinski definition) is 4. The first-order chi connectivity index (χ1) is 11.3. The molecular weight excluding hydrogens is 327 g/mol. The highest BCUT2D eigenvalue weighted by atomic mass is 19.4. The third-order valence-electron chi connectivity index (χ3n) is 3.06. The summed E-state index contributed by atoms with van der Waals surface area (Å²) < 4.78 is 54.0. The Labute approximate surface area is 136 Å². The van der Waals surface area contributed by atoms with Crippen LogP contribution in [0, 0.1) is 6.92 Å². The fraction of sp³-hybridized carbons (Fsp3) is 0.312. The average Bonchev–Trinajstić information content (AvgIpc) is 2.94. The summed E-state index contributed by atoms with van der Waals surface area (Å²) in [5.74, 6) is -0.0517. The molecule has 24 heavy (non-hydrogen) atoms. The van der Waals surface area contributed by atoms with Crippen LogP contribution in [0.5, 0.6) is 5.75 Å². The molecule has 2 aromatic rings. The minimum atomic E-state index is -4.54. The van der Waals surface area contributed by atoms with Crippen molar-refractivity contribution in [2.24, 2.45) is 0 Å². The van der Waals surface area contributed by atoms with Crippen LogP contribution in [-0.2, 0) is 10.9 Å². The maximum Gasteiger partial charge on any atom is 0.416 e. The van der Waals surface area contributed by atoms with Crippen LogP contribution < -0.4 is 10.1 Å². The summed E-state index contributed by atoms with van der Waals surface area (Å²) in [6.45, 7) is 2.04. The number of furan rings is 1. The number of halogens is 3. The Hall–Kier alpha value is -2.48. The molecule has 130 valence electrons. The highest BCUT2D eigenvalue weighted by molar-refractivity contribution is 6.03. The van der Waals surface area contributed by atoms with Crippen LogP contribution >= 0.6 is 0 Å².